The molecule has 1 aliphatic carbocycles. The van der Waals surface area contributed by atoms with Gasteiger partial charge in [-0.25, -0.2) is 0 Å². The van der Waals surface area contributed by atoms with Crippen LogP contribution in [0.5, 0.6) is 11.5 Å². The van der Waals surface area contributed by atoms with Gasteiger partial charge in [-0.1, -0.05) is 44.2 Å². The van der Waals surface area contributed by atoms with E-state index in [1.807, 2.05) is 30.3 Å². The third-order valence-corrected chi connectivity index (χ3v) is 5.20. The summed E-state index contributed by atoms with van der Waals surface area (Å²) in [6, 6.07) is 14.6. The summed E-state index contributed by atoms with van der Waals surface area (Å²) in [5, 5.41) is 29.0. The number of phenolic OH excluding ortho intramolecular Hbond substituents is 2. The molecule has 0 heterocycles. The van der Waals surface area contributed by atoms with E-state index in [1.165, 1.54) is 0 Å². The Kier molecular flexibility index (Phi) is 4.34. The molecule has 2 aromatic rings. The van der Waals surface area contributed by atoms with Gasteiger partial charge in [0.1, 0.15) is 17.3 Å². The van der Waals surface area contributed by atoms with Crippen LogP contribution in [0.4, 0.5) is 0 Å². The second kappa shape index (κ2) is 6.32. The third-order valence-electron chi connectivity index (χ3n) is 5.20. The number of hydrogen-bond acceptors (Lipinski definition) is 3. The molecule has 0 spiro atoms. The van der Waals surface area contributed by atoms with E-state index in [9.17, 15) is 15.3 Å². The molecule has 25 heavy (non-hydrogen) atoms. The van der Waals surface area contributed by atoms with Gasteiger partial charge in [0.05, 0.1) is 0 Å². The summed E-state index contributed by atoms with van der Waals surface area (Å²) < 4.78 is 0. The van der Waals surface area contributed by atoms with E-state index < -0.39 is 0 Å². The Labute approximate surface area is 148 Å². The van der Waals surface area contributed by atoms with Gasteiger partial charge in [0, 0.05) is 5.41 Å². The average Bonchev–Trinajstić information content (AvgIpc) is 2.59. The van der Waals surface area contributed by atoms with Crippen LogP contribution in [0.1, 0.15) is 37.8 Å². The molecule has 0 fully saturated rings. The van der Waals surface area contributed by atoms with E-state index in [4.69, 9.17) is 0 Å². The molecule has 0 saturated carbocycles. The van der Waals surface area contributed by atoms with E-state index >= 15 is 0 Å². The minimum Gasteiger partial charge on any atom is -0.508 e. The van der Waals surface area contributed by atoms with Crippen LogP contribution in [0.25, 0.3) is 0 Å². The zero-order valence-corrected chi connectivity index (χ0v) is 14.6. The number of allylic oxidation sites excluding steroid dienone is 3. The van der Waals surface area contributed by atoms with Crippen LogP contribution in [0.15, 0.2) is 72.5 Å². The van der Waals surface area contributed by atoms with Crippen molar-refractivity contribution in [3.8, 4) is 11.5 Å². The maximum Gasteiger partial charge on any atom is 0.115 e. The van der Waals surface area contributed by atoms with Crippen LogP contribution in [0, 0.1) is 5.41 Å². The van der Waals surface area contributed by atoms with Crippen molar-refractivity contribution < 1.29 is 15.3 Å². The fraction of sp³-hybridized carbons (Fsp3) is 0.273. The van der Waals surface area contributed by atoms with Gasteiger partial charge in [-0.3, -0.25) is 0 Å². The molecule has 1 aliphatic rings. The van der Waals surface area contributed by atoms with Gasteiger partial charge in [-0.05, 0) is 65.8 Å². The largest absolute Gasteiger partial charge is 0.508 e. The molecule has 1 unspecified atom stereocenters. The monoisotopic (exact) mass is 336 g/mol. The summed E-state index contributed by atoms with van der Waals surface area (Å²) in [5.74, 6) is 0.801. The van der Waals surface area contributed by atoms with Crippen molar-refractivity contribution in [2.45, 2.75) is 32.1 Å². The van der Waals surface area contributed by atoms with Crippen LogP contribution in [-0.2, 0) is 5.41 Å². The van der Waals surface area contributed by atoms with Gasteiger partial charge >= 0.3 is 0 Å². The topological polar surface area (TPSA) is 60.7 Å². The van der Waals surface area contributed by atoms with Gasteiger partial charge in [-0.15, -0.1) is 0 Å². The Hall–Kier alpha value is -2.68. The van der Waals surface area contributed by atoms with E-state index in [1.54, 1.807) is 30.3 Å². The van der Waals surface area contributed by atoms with Crippen molar-refractivity contribution >= 4 is 0 Å². The lowest BCUT2D eigenvalue weighted by molar-refractivity contribution is 0.301. The Balaban J connectivity index is 2.04. The molecule has 3 rings (SSSR count). The van der Waals surface area contributed by atoms with Crippen molar-refractivity contribution in [1.82, 2.24) is 0 Å². The smallest absolute Gasteiger partial charge is 0.115 e. The quantitative estimate of drug-likeness (QED) is 0.719. The zero-order chi connectivity index (χ0) is 18.1. The first-order chi connectivity index (χ1) is 11.8. The van der Waals surface area contributed by atoms with Crippen LogP contribution in [0.3, 0.4) is 0 Å². The average molecular weight is 336 g/mol. The van der Waals surface area contributed by atoms with E-state index in [2.05, 4.69) is 19.9 Å². The normalized spacial score (nSPS) is 20.3. The number of hydrogen-bond donors (Lipinski definition) is 3. The fourth-order valence-electron chi connectivity index (χ4n) is 3.73. The first-order valence-corrected chi connectivity index (χ1v) is 8.48. The molecule has 1 atom stereocenters. The minimum atomic E-state index is -0.304. The predicted molar refractivity (Wildman–Crippen MR) is 99.9 cm³/mol. The molecule has 2 aromatic carbocycles. The maximum atomic E-state index is 9.65. The Morgan fingerprint density at radius 1 is 0.880 bits per heavy atom. The Bertz CT molecular complexity index is 755. The van der Waals surface area contributed by atoms with Gasteiger partial charge in [0.2, 0.25) is 0 Å². The molecular formula is C22H24O3. The summed E-state index contributed by atoms with van der Waals surface area (Å²) in [6.07, 6.45) is 7.28. The standard InChI is InChI=1S/C22H24O3/c1-21(13-11-20(25)12-14-21)15-22(2,16-3-7-18(23)8-4-16)17-5-9-19(24)10-6-17/h3-13,23-25H,14-15H2,1-2H3. The molecule has 3 nitrogen and oxygen atoms in total. The highest BCUT2D eigenvalue weighted by atomic mass is 16.3. The third kappa shape index (κ3) is 3.55. The summed E-state index contributed by atoms with van der Waals surface area (Å²) in [5.41, 5.74) is 1.80. The van der Waals surface area contributed by atoms with Crippen molar-refractivity contribution in [2.75, 3.05) is 0 Å². The van der Waals surface area contributed by atoms with Crippen molar-refractivity contribution in [3.05, 3.63) is 83.6 Å². The first-order valence-electron chi connectivity index (χ1n) is 8.48. The first kappa shape index (κ1) is 17.2. The molecule has 0 aromatic heterocycles. The fourth-order valence-corrected chi connectivity index (χ4v) is 3.73. The second-order valence-electron chi connectivity index (χ2n) is 7.42. The lowest BCUT2D eigenvalue weighted by Crippen LogP contribution is -2.32. The summed E-state index contributed by atoms with van der Waals surface area (Å²) in [6.45, 7) is 4.37. The van der Waals surface area contributed by atoms with Crippen LogP contribution >= 0.6 is 0 Å². The summed E-state index contributed by atoms with van der Waals surface area (Å²) in [7, 11) is 0. The lowest BCUT2D eigenvalue weighted by Gasteiger charge is -2.39. The lowest BCUT2D eigenvalue weighted by atomic mass is 9.64. The van der Waals surface area contributed by atoms with Gasteiger partial charge < -0.3 is 15.3 Å². The van der Waals surface area contributed by atoms with Gasteiger partial charge in [0.25, 0.3) is 0 Å². The minimum absolute atomic E-state index is 0.100. The molecule has 3 N–H and O–H groups in total. The highest BCUT2D eigenvalue weighted by Crippen LogP contribution is 2.46. The SMILES string of the molecule is CC1(CC(C)(c2ccc(O)cc2)c2ccc(O)cc2)C=CC(O)=CC1. The highest BCUT2D eigenvalue weighted by molar-refractivity contribution is 5.43. The predicted octanol–water partition coefficient (Wildman–Crippen LogP) is 5.20. The van der Waals surface area contributed by atoms with Crippen LogP contribution < -0.4 is 0 Å². The molecular weight excluding hydrogens is 312 g/mol. The van der Waals surface area contributed by atoms with Gasteiger partial charge in [-0.2, -0.15) is 0 Å². The number of aromatic hydroxyl groups is 2. The highest BCUT2D eigenvalue weighted by Gasteiger charge is 2.37. The summed E-state index contributed by atoms with van der Waals surface area (Å²) >= 11 is 0. The maximum absolute atomic E-state index is 9.65. The molecule has 3 heteroatoms. The Morgan fingerprint density at radius 2 is 1.36 bits per heavy atom. The number of aliphatic hydroxyl groups excluding tert-OH is 1. The molecule has 0 saturated heterocycles. The van der Waals surface area contributed by atoms with Crippen molar-refractivity contribution in [2.24, 2.45) is 5.41 Å². The van der Waals surface area contributed by atoms with Gasteiger partial charge in [0.15, 0.2) is 0 Å². The zero-order valence-electron chi connectivity index (χ0n) is 14.6. The number of phenols is 2. The van der Waals surface area contributed by atoms with Crippen molar-refractivity contribution in [3.63, 3.8) is 0 Å². The van der Waals surface area contributed by atoms with Crippen LogP contribution in [0.2, 0.25) is 0 Å². The number of aliphatic hydroxyl groups is 1. The van der Waals surface area contributed by atoms with Crippen molar-refractivity contribution in [1.29, 1.82) is 0 Å². The summed E-state index contributed by atoms with van der Waals surface area (Å²) in [4.78, 5) is 0. The van der Waals surface area contributed by atoms with E-state index in [0.29, 0.717) is 5.76 Å². The molecule has 0 radical (unpaired) electrons. The molecule has 0 amide bonds. The number of benzene rings is 2. The molecule has 0 bridgehead atoms. The molecule has 0 aliphatic heterocycles. The second-order valence-corrected chi connectivity index (χ2v) is 7.42. The van der Waals surface area contributed by atoms with E-state index in [0.717, 1.165) is 24.0 Å². The number of rotatable bonds is 4. The Morgan fingerprint density at radius 3 is 1.76 bits per heavy atom. The van der Waals surface area contributed by atoms with E-state index in [-0.39, 0.29) is 22.3 Å². The van der Waals surface area contributed by atoms with Crippen LogP contribution in [-0.4, -0.2) is 15.3 Å². The molecule has 130 valence electrons.